The van der Waals surface area contributed by atoms with E-state index in [9.17, 15) is 9.46 Å². The van der Waals surface area contributed by atoms with Crippen molar-refractivity contribution < 1.29 is 58.3 Å². The fourth-order valence-electron chi connectivity index (χ4n) is 0.481. The molecule has 0 saturated carbocycles. The summed E-state index contributed by atoms with van der Waals surface area (Å²) in [5, 5.41) is 17.8. The zero-order valence-corrected chi connectivity index (χ0v) is 13.1. The van der Waals surface area contributed by atoms with E-state index in [1.807, 2.05) is 0 Å². The Morgan fingerprint density at radius 1 is 1.12 bits per heavy atom. The molecule has 0 heterocycles. The monoisotopic (exact) mass is 304 g/mol. The van der Waals surface area contributed by atoms with Gasteiger partial charge in [-0.3, -0.25) is 4.57 Å². The van der Waals surface area contributed by atoms with Crippen molar-refractivity contribution in [3.63, 3.8) is 0 Å². The molecule has 2 N–H and O–H groups in total. The Morgan fingerprint density at radius 3 is 1.69 bits per heavy atom. The smallest absolute Gasteiger partial charge is 0.756 e. The first-order valence-corrected chi connectivity index (χ1v) is 6.52. The van der Waals surface area contributed by atoms with E-state index in [0.29, 0.717) is 0 Å². The van der Waals surface area contributed by atoms with Crippen LogP contribution in [-0.2, 0) is 13.6 Å². The Morgan fingerprint density at radius 2 is 1.44 bits per heavy atom. The number of aliphatic hydroxyl groups is 2. The number of phosphoric acid groups is 1. The van der Waals surface area contributed by atoms with Crippen LogP contribution < -0.4 is 34.5 Å². The van der Waals surface area contributed by atoms with E-state index in [0.717, 1.165) is 0 Å². The van der Waals surface area contributed by atoms with Crippen LogP contribution >= 0.6 is 31.0 Å². The fraction of sp³-hybridized carbons (Fsp3) is 1.00. The molecule has 0 saturated heterocycles. The maximum absolute atomic E-state index is 10.9. The quantitative estimate of drug-likeness (QED) is 0.277. The Labute approximate surface area is 126 Å². The summed E-state index contributed by atoms with van der Waals surface area (Å²) in [4.78, 5) is 10.9. The van der Waals surface area contributed by atoms with Crippen molar-refractivity contribution in [2.24, 2.45) is 0 Å². The molecular formula is C6H12Cl2NaO6P. The molecule has 0 bridgehead atoms. The number of halogens is 2. The molecule has 0 aliphatic rings. The molecule has 0 amide bonds. The van der Waals surface area contributed by atoms with Crippen molar-refractivity contribution in [3.8, 4) is 0 Å². The van der Waals surface area contributed by atoms with Gasteiger partial charge >= 0.3 is 29.6 Å². The van der Waals surface area contributed by atoms with Crippen molar-refractivity contribution in [1.29, 1.82) is 0 Å². The number of hydrogen-bond donors (Lipinski definition) is 2. The van der Waals surface area contributed by atoms with Gasteiger partial charge in [-0.25, -0.2) is 0 Å². The molecule has 0 aromatic rings. The van der Waals surface area contributed by atoms with Gasteiger partial charge in [0.15, 0.2) is 0 Å². The van der Waals surface area contributed by atoms with Crippen molar-refractivity contribution in [1.82, 2.24) is 0 Å². The van der Waals surface area contributed by atoms with Crippen LogP contribution in [0.5, 0.6) is 0 Å². The topological polar surface area (TPSA) is 99.1 Å². The minimum Gasteiger partial charge on any atom is -0.756 e. The van der Waals surface area contributed by atoms with E-state index in [1.54, 1.807) is 0 Å². The molecular weight excluding hydrogens is 293 g/mol. The summed E-state index contributed by atoms with van der Waals surface area (Å²) in [6.07, 6.45) is -2.18. The number of hydrogen-bond acceptors (Lipinski definition) is 6. The van der Waals surface area contributed by atoms with Gasteiger partial charge in [0, 0.05) is 0 Å². The zero-order chi connectivity index (χ0) is 11.9. The largest absolute Gasteiger partial charge is 1.00 e. The average Bonchev–Trinajstić information content (AvgIpc) is 2.22. The first-order valence-electron chi connectivity index (χ1n) is 3.99. The van der Waals surface area contributed by atoms with Crippen LogP contribution in [0, 0.1) is 0 Å². The third-order valence-electron chi connectivity index (χ3n) is 1.21. The molecule has 0 aromatic heterocycles. The van der Waals surface area contributed by atoms with Crippen molar-refractivity contribution in [2.45, 2.75) is 12.2 Å². The molecule has 0 spiro atoms. The molecule has 10 heteroatoms. The standard InChI is InChI=1S/C6H13Cl2O6P.Na/c7-1-5(9)3-13-15(11,12)14-4-6(10)2-8;/h5-6,9-10H,1-4H2,(H,11,12);/q;+1/p-1. The van der Waals surface area contributed by atoms with E-state index in [1.165, 1.54) is 0 Å². The van der Waals surface area contributed by atoms with Crippen LogP contribution in [0.15, 0.2) is 0 Å². The number of phosphoric ester groups is 1. The van der Waals surface area contributed by atoms with Crippen molar-refractivity contribution >= 4 is 31.0 Å². The molecule has 0 fully saturated rings. The summed E-state index contributed by atoms with van der Waals surface area (Å²) in [6.45, 7) is -0.970. The summed E-state index contributed by atoms with van der Waals surface area (Å²) in [5.74, 6) is -0.297. The van der Waals surface area contributed by atoms with Gasteiger partial charge in [0.2, 0.25) is 0 Å². The van der Waals surface area contributed by atoms with E-state index < -0.39 is 33.2 Å². The van der Waals surface area contributed by atoms with Crippen LogP contribution in [0.4, 0.5) is 0 Å². The molecule has 0 aromatic carbocycles. The molecule has 92 valence electrons. The van der Waals surface area contributed by atoms with Crippen molar-refractivity contribution in [2.75, 3.05) is 25.0 Å². The Balaban J connectivity index is 0. The zero-order valence-electron chi connectivity index (χ0n) is 8.71. The molecule has 16 heavy (non-hydrogen) atoms. The summed E-state index contributed by atoms with van der Waals surface area (Å²) in [6, 6.07) is 0. The SMILES string of the molecule is O=P([O-])(OCC(O)CCl)OCC(O)CCl.[Na+]. The summed E-state index contributed by atoms with van der Waals surface area (Å²) in [7, 11) is -4.51. The first-order chi connectivity index (χ1) is 6.91. The first kappa shape index (κ1) is 19.9. The molecule has 0 radical (unpaired) electrons. The van der Waals surface area contributed by atoms with Gasteiger partial charge in [-0.05, 0) is 0 Å². The molecule has 0 aliphatic carbocycles. The average molecular weight is 305 g/mol. The third-order valence-corrected chi connectivity index (χ3v) is 2.85. The second-order valence-corrected chi connectivity index (χ2v) is 4.68. The van der Waals surface area contributed by atoms with Gasteiger partial charge in [-0.15, -0.1) is 23.2 Å². The third kappa shape index (κ3) is 10.7. The number of alkyl halides is 2. The number of rotatable bonds is 8. The second-order valence-electron chi connectivity index (χ2n) is 2.65. The molecule has 2 unspecified atom stereocenters. The van der Waals surface area contributed by atoms with Gasteiger partial charge in [0.25, 0.3) is 7.82 Å². The van der Waals surface area contributed by atoms with E-state index in [2.05, 4.69) is 9.05 Å². The molecule has 0 rings (SSSR count). The summed E-state index contributed by atoms with van der Waals surface area (Å²) in [5.41, 5.74) is 0. The fourth-order valence-corrected chi connectivity index (χ4v) is 1.44. The van der Waals surface area contributed by atoms with Gasteiger partial charge in [0.05, 0.1) is 37.2 Å². The molecule has 2 atom stereocenters. The van der Waals surface area contributed by atoms with Gasteiger partial charge < -0.3 is 24.2 Å². The van der Waals surface area contributed by atoms with Crippen LogP contribution in [0.25, 0.3) is 0 Å². The summed E-state index contributed by atoms with van der Waals surface area (Å²) < 4.78 is 19.5. The minimum absolute atomic E-state index is 0. The Bertz CT molecular complexity index is 203. The van der Waals surface area contributed by atoms with Gasteiger partial charge in [0.1, 0.15) is 0 Å². The predicted molar refractivity (Wildman–Crippen MR) is 53.0 cm³/mol. The Kier molecular flexibility index (Phi) is 13.1. The predicted octanol–water partition coefficient (Wildman–Crippen LogP) is -3.31. The number of aliphatic hydroxyl groups excluding tert-OH is 2. The molecule has 0 aliphatic heterocycles. The maximum Gasteiger partial charge on any atom is 1.00 e. The van der Waals surface area contributed by atoms with Crippen LogP contribution in [0.3, 0.4) is 0 Å². The van der Waals surface area contributed by atoms with E-state index in [4.69, 9.17) is 33.4 Å². The van der Waals surface area contributed by atoms with Crippen LogP contribution in [-0.4, -0.2) is 47.4 Å². The Hall–Kier alpha value is 1.61. The van der Waals surface area contributed by atoms with Gasteiger partial charge in [-0.2, -0.15) is 0 Å². The second kappa shape index (κ2) is 10.5. The summed E-state index contributed by atoms with van der Waals surface area (Å²) >= 11 is 10.4. The van der Waals surface area contributed by atoms with Crippen LogP contribution in [0.1, 0.15) is 0 Å². The normalized spacial score (nSPS) is 18.3. The molecule has 6 nitrogen and oxygen atoms in total. The van der Waals surface area contributed by atoms with Crippen molar-refractivity contribution in [3.05, 3.63) is 0 Å². The van der Waals surface area contributed by atoms with Crippen LogP contribution in [0.2, 0.25) is 0 Å². The van der Waals surface area contributed by atoms with Gasteiger partial charge in [-0.1, -0.05) is 0 Å². The van der Waals surface area contributed by atoms with E-state index in [-0.39, 0.29) is 41.3 Å². The van der Waals surface area contributed by atoms with E-state index >= 15 is 0 Å². The minimum atomic E-state index is -4.51. The maximum atomic E-state index is 10.9.